The highest BCUT2D eigenvalue weighted by Gasteiger charge is 2.21. The predicted molar refractivity (Wildman–Crippen MR) is 423 cm³/mol. The molecule has 29 heteroatoms. The van der Waals surface area contributed by atoms with Crippen LogP contribution in [0, 0.1) is 55.4 Å². The molecule has 0 fully saturated rings. The van der Waals surface area contributed by atoms with Gasteiger partial charge >= 0.3 is 23.9 Å². The number of aliphatic carboxylic acids is 1. The maximum absolute atomic E-state index is 11.2. The summed E-state index contributed by atoms with van der Waals surface area (Å²) in [5.41, 5.74) is 15.4. The van der Waals surface area contributed by atoms with E-state index in [1.807, 2.05) is 120 Å². The van der Waals surface area contributed by atoms with Gasteiger partial charge in [-0.05, 0) is 176 Å². The summed E-state index contributed by atoms with van der Waals surface area (Å²) in [7, 11) is 1.50. The third kappa shape index (κ3) is 19.7. The van der Waals surface area contributed by atoms with Crippen molar-refractivity contribution >= 4 is 126 Å². The van der Waals surface area contributed by atoms with Crippen molar-refractivity contribution in [3.8, 4) is 51.8 Å². The zero-order valence-electron chi connectivity index (χ0n) is 61.0. The topological polar surface area (TPSA) is 361 Å². The van der Waals surface area contributed by atoms with Crippen LogP contribution in [0.15, 0.2) is 125 Å². The van der Waals surface area contributed by atoms with Crippen molar-refractivity contribution in [2.75, 3.05) is 28.4 Å². The molecule has 13 rings (SSSR count). The third-order valence-corrected chi connectivity index (χ3v) is 19.8. The number of hydrogen-bond acceptors (Lipinski definition) is 25. The molecule has 0 spiro atoms. The normalized spacial score (nSPS) is 10.8. The first-order chi connectivity index (χ1) is 51.3. The molecule has 13 aromatic rings. The number of nitrogens with zero attached hydrogens (tertiary/aromatic N) is 12. The maximum atomic E-state index is 11.2. The van der Waals surface area contributed by atoms with Gasteiger partial charge in [-0.1, -0.05) is 52.0 Å². The molecule has 0 atom stereocenters. The van der Waals surface area contributed by atoms with Gasteiger partial charge in [-0.25, -0.2) is 74.2 Å². The number of anilines is 8. The number of fused-ring (bicyclic) bond motifs is 1. The summed E-state index contributed by atoms with van der Waals surface area (Å²) in [5.74, 6) is 1.97. The number of hydrogen-bond donors (Lipinski definition) is 8. The quantitative estimate of drug-likeness (QED) is 0.0312. The number of carboxylic acid groups (broad SMARTS) is 4. The van der Waals surface area contributed by atoms with Crippen molar-refractivity contribution in [1.29, 1.82) is 0 Å². The van der Waals surface area contributed by atoms with E-state index < -0.39 is 23.9 Å². The monoisotopic (exact) mass is 1510 g/mol. The molecule has 8 heterocycles. The fourth-order valence-electron chi connectivity index (χ4n) is 11.3. The number of aromatic nitrogens is 12. The van der Waals surface area contributed by atoms with Crippen molar-refractivity contribution < 1.29 is 44.3 Å². The van der Waals surface area contributed by atoms with Crippen molar-refractivity contribution in [2.45, 2.75) is 115 Å². The highest BCUT2D eigenvalue weighted by atomic mass is 32.1. The van der Waals surface area contributed by atoms with Gasteiger partial charge in [0.2, 0.25) is 0 Å². The number of aryl methyl sites for hydroxylation is 8. The van der Waals surface area contributed by atoms with Crippen LogP contribution in [0.1, 0.15) is 129 Å². The summed E-state index contributed by atoms with van der Waals surface area (Å²) >= 11 is 6.26. The van der Waals surface area contributed by atoms with Crippen LogP contribution in [-0.2, 0) is 36.9 Å². The van der Waals surface area contributed by atoms with Crippen LogP contribution >= 0.6 is 45.3 Å². The Morgan fingerprint density at radius 2 is 0.682 bits per heavy atom. The number of nitrogens with one attached hydrogen (secondary N) is 4. The standard InChI is InChI=1S/C22H20N4O2S.C19H20N4O3S.C19H20N4O2S.C18H18N4O2S/c1-4-18-12(2)23-21(19-11-29-13(3)24-19)26-20(18)25-17-8-7-14-9-16(22(27)28)6-5-15(14)10-17;1-5-13-10(2)20-18(15-9-27-11(3)21-15)23-17(13)22-14-7-6-12(19(24)25)8-16(14)26-4;1-4-15-11(2)20-19(16-10-26-12(3)21-16)23-18(15)22-14-7-5-13(6-8-14)9-17(24)25;1-4-14-10(2)19-17(15-9-25-11(3)20-15)22-16(14)21-13-7-5-12(6-8-13)18(23)24/h5-11H,4H2,1-3H3,(H,27,28)(H,23,25,26);6-9H,5H2,1-4H3,(H,24,25)(H,20,22,23);5-8,10H,4,9H2,1-3H3,(H,24,25)(H,20,22,23);5-9H,4H2,1-3H3,(H,23,24)(H,19,21,22). The van der Waals surface area contributed by atoms with Crippen LogP contribution in [0.3, 0.4) is 0 Å². The Kier molecular flexibility index (Phi) is 25.6. The number of rotatable bonds is 22. The second kappa shape index (κ2) is 35.2. The largest absolute Gasteiger partial charge is 0.495 e. The van der Waals surface area contributed by atoms with Crippen molar-refractivity contribution in [2.24, 2.45) is 0 Å². The first-order valence-corrected chi connectivity index (χ1v) is 37.4. The summed E-state index contributed by atoms with van der Waals surface area (Å²) in [6, 6.07) is 29.5. The van der Waals surface area contributed by atoms with Gasteiger partial charge in [0, 0.05) is 83.6 Å². The maximum Gasteiger partial charge on any atom is 0.335 e. The summed E-state index contributed by atoms with van der Waals surface area (Å²) in [6.07, 6.45) is 3.17. The van der Waals surface area contributed by atoms with E-state index in [1.165, 1.54) is 19.2 Å². The third-order valence-electron chi connectivity index (χ3n) is 16.7. The molecular weight excluding hydrogens is 1430 g/mol. The molecule has 0 saturated carbocycles. The lowest BCUT2D eigenvalue weighted by Gasteiger charge is -2.16. The molecule has 5 aromatic carbocycles. The van der Waals surface area contributed by atoms with Gasteiger partial charge in [-0.2, -0.15) is 0 Å². The van der Waals surface area contributed by atoms with E-state index in [1.54, 1.807) is 99.9 Å². The van der Waals surface area contributed by atoms with E-state index >= 15 is 0 Å². The van der Waals surface area contributed by atoms with Crippen LogP contribution in [0.2, 0.25) is 0 Å². The Bertz CT molecular complexity index is 5410. The lowest BCUT2D eigenvalue weighted by atomic mass is 10.1. The minimum Gasteiger partial charge on any atom is -0.495 e. The minimum atomic E-state index is -1.01. The van der Waals surface area contributed by atoms with Crippen LogP contribution in [0.25, 0.3) is 56.8 Å². The molecule has 0 aliphatic heterocycles. The van der Waals surface area contributed by atoms with E-state index in [9.17, 15) is 19.2 Å². The molecule has 0 bridgehead atoms. The molecule has 0 aliphatic carbocycles. The Balaban J connectivity index is 0.000000153. The number of benzene rings is 5. The number of ether oxygens (including phenoxy) is 1. The number of aromatic carboxylic acids is 3. The van der Waals surface area contributed by atoms with E-state index in [-0.39, 0.29) is 23.1 Å². The predicted octanol–water partition coefficient (Wildman–Crippen LogP) is 18.0. The smallest absolute Gasteiger partial charge is 0.335 e. The fourth-order valence-corrected chi connectivity index (χ4v) is 13.7. The highest BCUT2D eigenvalue weighted by Crippen LogP contribution is 2.35. The average Bonchev–Trinajstić information content (AvgIpc) is 1.80. The molecule has 0 radical (unpaired) electrons. The summed E-state index contributed by atoms with van der Waals surface area (Å²) < 4.78 is 5.35. The van der Waals surface area contributed by atoms with Crippen molar-refractivity contribution in [3.05, 3.63) is 212 Å². The molecule has 8 aromatic heterocycles. The van der Waals surface area contributed by atoms with Crippen LogP contribution in [0.4, 0.5) is 46.0 Å². The van der Waals surface area contributed by atoms with Gasteiger partial charge in [0.15, 0.2) is 23.3 Å². The fraction of sp³-hybridized carbons (Fsp3) is 0.231. The van der Waals surface area contributed by atoms with Gasteiger partial charge in [0.1, 0.15) is 51.8 Å². The zero-order valence-corrected chi connectivity index (χ0v) is 64.3. The zero-order chi connectivity index (χ0) is 76.8. The van der Waals surface area contributed by atoms with E-state index in [4.69, 9.17) is 30.1 Å². The molecule has 25 nitrogen and oxygen atoms in total. The Labute approximate surface area is 633 Å². The van der Waals surface area contributed by atoms with Gasteiger partial charge < -0.3 is 46.4 Å². The highest BCUT2D eigenvalue weighted by molar-refractivity contribution is 7.10. The molecule has 0 amide bonds. The molecule has 0 saturated heterocycles. The first kappa shape index (κ1) is 77.7. The van der Waals surface area contributed by atoms with E-state index in [0.717, 1.165) is 164 Å². The Morgan fingerprint density at radius 1 is 0.364 bits per heavy atom. The lowest BCUT2D eigenvalue weighted by Crippen LogP contribution is -2.07. The van der Waals surface area contributed by atoms with Crippen LogP contribution in [0.5, 0.6) is 5.75 Å². The molecule has 0 aliphatic rings. The van der Waals surface area contributed by atoms with E-state index in [0.29, 0.717) is 40.6 Å². The van der Waals surface area contributed by atoms with Crippen LogP contribution < -0.4 is 26.0 Å². The van der Waals surface area contributed by atoms with Crippen molar-refractivity contribution in [1.82, 2.24) is 59.8 Å². The Hall–Kier alpha value is -11.9. The molecule has 107 heavy (non-hydrogen) atoms. The van der Waals surface area contributed by atoms with Gasteiger partial charge in [0.25, 0.3) is 0 Å². The first-order valence-electron chi connectivity index (χ1n) is 33.9. The second-order valence-corrected chi connectivity index (χ2v) is 28.5. The second-order valence-electron chi connectivity index (χ2n) is 24.2. The van der Waals surface area contributed by atoms with E-state index in [2.05, 4.69) is 96.9 Å². The van der Waals surface area contributed by atoms with Gasteiger partial charge in [-0.15, -0.1) is 45.3 Å². The number of carbonyl (C=O) groups is 4. The lowest BCUT2D eigenvalue weighted by molar-refractivity contribution is -0.136. The Morgan fingerprint density at radius 3 is 1.03 bits per heavy atom. The van der Waals surface area contributed by atoms with Gasteiger partial charge in [-0.3, -0.25) is 4.79 Å². The number of carboxylic acids is 4. The minimum absolute atomic E-state index is 0.0143. The molecule has 548 valence electrons. The molecule has 0 unspecified atom stereocenters. The SMILES string of the molecule is CCc1c(C)nc(-c2csc(C)n2)nc1Nc1ccc(C(=O)O)cc1.CCc1c(C)nc(-c2csc(C)n2)nc1Nc1ccc(C(=O)O)cc1OC.CCc1c(C)nc(-c2csc(C)n2)nc1Nc1ccc(CC(=O)O)cc1.CCc1c(C)nc(-c2csc(C)n2)nc1Nc1ccc2cc(C(=O)O)ccc2c1. The van der Waals surface area contributed by atoms with Crippen molar-refractivity contribution in [3.63, 3.8) is 0 Å². The molecule has 8 N–H and O–H groups in total. The average molecular weight is 1510 g/mol. The summed E-state index contributed by atoms with van der Waals surface area (Å²) in [6.45, 7) is 23.9. The number of thiazole rings is 4. The summed E-state index contributed by atoms with van der Waals surface area (Å²) in [4.78, 5) is 99.2. The number of methoxy groups -OCH3 is 1. The van der Waals surface area contributed by atoms with Gasteiger partial charge in [0.05, 0.1) is 55.9 Å². The van der Waals surface area contributed by atoms with Crippen LogP contribution in [-0.4, -0.2) is 111 Å². The molecular formula is C78H78N16O9S4. The summed E-state index contributed by atoms with van der Waals surface area (Å²) in [5, 5.41) is 63.0.